The first-order valence-electron chi connectivity index (χ1n) is 16.0. The minimum absolute atomic E-state index is 0.0579. The second kappa shape index (κ2) is 12.5. The van der Waals surface area contributed by atoms with Crippen LogP contribution in [0.1, 0.15) is 34.5 Å². The number of alkyl halides is 3. The lowest BCUT2D eigenvalue weighted by atomic mass is 10.0. The molecule has 14 heteroatoms. The van der Waals surface area contributed by atoms with Crippen LogP contribution in [0.25, 0.3) is 11.6 Å². The molecule has 10 bridgehead atoms. The van der Waals surface area contributed by atoms with Gasteiger partial charge in [0.25, 0.3) is 5.91 Å². The maximum atomic E-state index is 14.2. The topological polar surface area (TPSA) is 93.6 Å². The molecule has 0 spiro atoms. The molecule has 3 amide bonds. The Kier molecular flexibility index (Phi) is 8.41. The van der Waals surface area contributed by atoms with Gasteiger partial charge >= 0.3 is 11.5 Å². The van der Waals surface area contributed by atoms with Crippen molar-refractivity contribution in [2.24, 2.45) is 0 Å². The molecule has 1 aliphatic carbocycles. The first-order valence-corrected chi connectivity index (χ1v) is 16.8. The van der Waals surface area contributed by atoms with E-state index in [0.29, 0.717) is 62.0 Å². The number of halogens is 3. The van der Waals surface area contributed by atoms with Gasteiger partial charge < -0.3 is 34.9 Å². The zero-order valence-electron chi connectivity index (χ0n) is 26.1. The van der Waals surface area contributed by atoms with Gasteiger partial charge in [-0.15, -0.1) is 0 Å². The van der Waals surface area contributed by atoms with Crippen molar-refractivity contribution in [2.45, 2.75) is 29.1 Å². The van der Waals surface area contributed by atoms with Crippen LogP contribution in [-0.2, 0) is 4.75 Å². The molecular weight excluding hydrogens is 631 g/mol. The van der Waals surface area contributed by atoms with Crippen LogP contribution in [0.5, 0.6) is 5.75 Å². The lowest BCUT2D eigenvalue weighted by Crippen LogP contribution is -2.55. The first-order chi connectivity index (χ1) is 22.6. The second-order valence-corrected chi connectivity index (χ2v) is 13.8. The average Bonchev–Trinajstić information content (AvgIpc) is 3.61. The van der Waals surface area contributed by atoms with Crippen molar-refractivity contribution in [3.8, 4) is 5.75 Å². The van der Waals surface area contributed by atoms with E-state index < -0.39 is 10.3 Å². The summed E-state index contributed by atoms with van der Waals surface area (Å²) in [6.07, 6.45) is 6.71. The summed E-state index contributed by atoms with van der Waals surface area (Å²) in [5.74, 6) is 0.0875. The number of nitrogens with one attached hydrogen (secondary N) is 3. The molecule has 10 nitrogen and oxygen atoms in total. The van der Waals surface area contributed by atoms with Crippen molar-refractivity contribution >= 4 is 46.7 Å². The molecule has 3 N–H and O–H groups in total. The number of pyridine rings is 1. The number of fused-ring (bicyclic) bond motifs is 1. The molecule has 1 atom stereocenters. The summed E-state index contributed by atoms with van der Waals surface area (Å²) in [7, 11) is 1.47. The van der Waals surface area contributed by atoms with E-state index in [0.717, 1.165) is 42.7 Å². The van der Waals surface area contributed by atoms with Crippen LogP contribution in [0.4, 0.5) is 29.3 Å². The number of ether oxygens (including phenoxy) is 1. The van der Waals surface area contributed by atoms with Gasteiger partial charge in [-0.3, -0.25) is 9.69 Å². The Morgan fingerprint density at radius 3 is 2.45 bits per heavy atom. The van der Waals surface area contributed by atoms with Gasteiger partial charge in [-0.25, -0.2) is 4.79 Å². The number of hydrogen-bond donors (Lipinski definition) is 3. The summed E-state index contributed by atoms with van der Waals surface area (Å²) < 4.78 is 48.6. The predicted molar refractivity (Wildman–Crippen MR) is 177 cm³/mol. The fourth-order valence-electron chi connectivity index (χ4n) is 7.12. The lowest BCUT2D eigenvalue weighted by Gasteiger charge is -2.40. The Bertz CT molecular complexity index is 1700. The fraction of sp³-hybridized carbons (Fsp3) is 0.455. The summed E-state index contributed by atoms with van der Waals surface area (Å²) in [6.45, 7) is 5.03. The minimum Gasteiger partial charge on any atom is -0.495 e. The summed E-state index contributed by atoms with van der Waals surface area (Å²) in [5, 5.41) is 9.80. The van der Waals surface area contributed by atoms with E-state index >= 15 is 0 Å². The second-order valence-electron chi connectivity index (χ2n) is 12.4. The van der Waals surface area contributed by atoms with Crippen LogP contribution in [0.15, 0.2) is 48.7 Å². The Labute approximate surface area is 275 Å². The number of thioether (sulfide) groups is 1. The van der Waals surface area contributed by atoms with Crippen LogP contribution in [0.2, 0.25) is 0 Å². The van der Waals surface area contributed by atoms with Crippen molar-refractivity contribution in [3.05, 3.63) is 65.5 Å². The van der Waals surface area contributed by atoms with Gasteiger partial charge in [0.2, 0.25) is 0 Å². The van der Waals surface area contributed by atoms with Gasteiger partial charge in [-0.2, -0.15) is 13.2 Å². The monoisotopic (exact) mass is 669 g/mol. The van der Waals surface area contributed by atoms with E-state index in [2.05, 4.69) is 20.9 Å². The normalized spacial score (nSPS) is 25.1. The number of hydrogen-bond acceptors (Lipinski definition) is 7. The molecular formula is C33H38F3N7O3S. The third kappa shape index (κ3) is 6.32. The van der Waals surface area contributed by atoms with Gasteiger partial charge in [0.05, 0.1) is 29.7 Å². The summed E-state index contributed by atoms with van der Waals surface area (Å²) >= 11 is -0.0579. The van der Waals surface area contributed by atoms with Crippen LogP contribution in [0.3, 0.4) is 0 Å². The minimum atomic E-state index is -4.51. The van der Waals surface area contributed by atoms with Crippen LogP contribution >= 0.6 is 11.8 Å². The number of aromatic nitrogens is 1. The van der Waals surface area contributed by atoms with Gasteiger partial charge in [0, 0.05) is 76.7 Å². The number of carbonyl (C=O) groups excluding carboxylic acids is 2. The van der Waals surface area contributed by atoms with Crippen molar-refractivity contribution in [1.29, 1.82) is 0 Å². The van der Waals surface area contributed by atoms with Crippen molar-refractivity contribution in [1.82, 2.24) is 24.4 Å². The average molecular weight is 670 g/mol. The molecule has 9 heterocycles. The highest BCUT2D eigenvalue weighted by Crippen LogP contribution is 2.53. The molecule has 8 aliphatic rings. The number of methoxy groups -OCH3 is 1. The third-order valence-electron chi connectivity index (χ3n) is 9.56. The summed E-state index contributed by atoms with van der Waals surface area (Å²) in [4.78, 5) is 32.4. The Morgan fingerprint density at radius 2 is 1.70 bits per heavy atom. The Hall–Kier alpha value is -4.04. The van der Waals surface area contributed by atoms with Crippen LogP contribution in [-0.4, -0.2) is 109 Å². The highest BCUT2D eigenvalue weighted by molar-refractivity contribution is 8.01. The highest BCUT2D eigenvalue weighted by atomic mass is 32.2. The van der Waals surface area contributed by atoms with Crippen molar-refractivity contribution in [2.75, 3.05) is 76.6 Å². The van der Waals surface area contributed by atoms with E-state index in [1.54, 1.807) is 36.5 Å². The number of anilines is 2. The molecule has 7 aliphatic heterocycles. The lowest BCUT2D eigenvalue weighted by molar-refractivity contribution is -0.0339. The van der Waals surface area contributed by atoms with Gasteiger partial charge in [0.15, 0.2) is 0 Å². The number of urea groups is 1. The molecule has 1 aromatic carbocycles. The molecule has 2 aromatic heterocycles. The number of benzene rings is 1. The standard InChI is InChI=1S/C33H38F3N7O3S/c1-46-28-20-23-4-5-26(28)38-21-32(47-33(34,35)36)9-6-22-19-27-25(3-2-11-43(27)29(22)32)39-24-7-12-41(13-8-24)31(45)42-17-15-40(16-18-42)14-10-37-30(23)44/h2-6,9,11,19-20,24,38-39H,7-8,10,12-18,21H2,1H3,(H,37,44). The van der Waals surface area contributed by atoms with Crippen molar-refractivity contribution in [3.63, 3.8) is 0 Å². The molecule has 0 radical (unpaired) electrons. The quantitative estimate of drug-likeness (QED) is 0.358. The summed E-state index contributed by atoms with van der Waals surface area (Å²) in [6, 6.07) is 10.8. The smallest absolute Gasteiger partial charge is 0.443 e. The van der Waals surface area contributed by atoms with E-state index in [9.17, 15) is 22.8 Å². The number of nitrogens with zero attached hydrogens (tertiary/aromatic N) is 4. The number of piperidine rings is 1. The molecule has 11 rings (SSSR count). The fourth-order valence-corrected chi connectivity index (χ4v) is 8.12. The predicted octanol–water partition coefficient (Wildman–Crippen LogP) is 4.89. The van der Waals surface area contributed by atoms with Crippen LogP contribution in [0, 0.1) is 0 Å². The molecule has 2 fully saturated rings. The maximum Gasteiger partial charge on any atom is 0.443 e. The van der Waals surface area contributed by atoms with Crippen LogP contribution < -0.4 is 20.7 Å². The summed E-state index contributed by atoms with van der Waals surface area (Å²) in [5.41, 5.74) is -0.748. The first kappa shape index (κ1) is 31.6. The van der Waals surface area contributed by atoms with Gasteiger partial charge in [-0.1, -0.05) is 12.2 Å². The van der Waals surface area contributed by atoms with E-state index in [1.165, 1.54) is 7.11 Å². The molecule has 3 aromatic rings. The molecule has 2 saturated heterocycles. The Balaban J connectivity index is 1.23. The third-order valence-corrected chi connectivity index (χ3v) is 10.6. The zero-order chi connectivity index (χ0) is 32.8. The van der Waals surface area contributed by atoms with E-state index in [1.807, 2.05) is 32.4 Å². The molecule has 1 unspecified atom stereocenters. The van der Waals surface area contributed by atoms with Gasteiger partial charge in [-0.05, 0) is 66.6 Å². The van der Waals surface area contributed by atoms with Gasteiger partial charge in [0.1, 0.15) is 10.5 Å². The number of amides is 3. The zero-order valence-corrected chi connectivity index (χ0v) is 26.9. The maximum absolute atomic E-state index is 14.2. The van der Waals surface area contributed by atoms with E-state index in [-0.39, 0.29) is 36.3 Å². The molecule has 47 heavy (non-hydrogen) atoms. The van der Waals surface area contributed by atoms with E-state index in [4.69, 9.17) is 4.74 Å². The number of piperazine rings is 1. The highest BCUT2D eigenvalue weighted by Gasteiger charge is 2.48. The largest absolute Gasteiger partial charge is 0.495 e. The molecule has 250 valence electrons. The van der Waals surface area contributed by atoms with Crippen molar-refractivity contribution < 1.29 is 27.5 Å². The number of rotatable bonds is 2. The SMILES string of the molecule is COc1cc2ccc1NCC1(SC(F)(F)F)C=Cc3cc4c(cccn4c31)NC1CCN(CC1)C(=O)N1CCN(CCNC2=O)CC1. The number of carbonyl (C=O) groups is 2. The Morgan fingerprint density at radius 1 is 0.936 bits per heavy atom. The molecule has 0 saturated carbocycles.